The van der Waals surface area contributed by atoms with Gasteiger partial charge in [0, 0.05) is 6.42 Å². The van der Waals surface area contributed by atoms with Crippen molar-refractivity contribution in [2.45, 2.75) is 45.4 Å². The molecule has 5 nitrogen and oxygen atoms in total. The van der Waals surface area contributed by atoms with Crippen molar-refractivity contribution in [1.82, 2.24) is 0 Å². The van der Waals surface area contributed by atoms with Crippen LogP contribution in [0, 0.1) is 12.3 Å². The fourth-order valence-corrected chi connectivity index (χ4v) is 1.73. The Balaban J connectivity index is 3.12. The van der Waals surface area contributed by atoms with Gasteiger partial charge in [-0.1, -0.05) is 38.5 Å². The first kappa shape index (κ1) is 20.9. The minimum Gasteiger partial charge on any atom is -0.463 e. The second-order valence-electron chi connectivity index (χ2n) is 4.87. The van der Waals surface area contributed by atoms with E-state index in [4.69, 9.17) is 25.4 Å². The average molecular weight is 314 g/mol. The summed E-state index contributed by atoms with van der Waals surface area (Å²) in [5, 5.41) is 0. The summed E-state index contributed by atoms with van der Waals surface area (Å²) in [7, 11) is 0. The first-order valence-electron chi connectivity index (χ1n) is 8.13. The van der Waals surface area contributed by atoms with Crippen LogP contribution in [0.25, 0.3) is 0 Å². The molecule has 0 aromatic heterocycles. The highest BCUT2D eigenvalue weighted by Gasteiger charge is 2.02. The van der Waals surface area contributed by atoms with Gasteiger partial charge in [0.2, 0.25) is 0 Å². The summed E-state index contributed by atoms with van der Waals surface area (Å²) in [4.78, 5) is 11.4. The molecule has 0 amide bonds. The van der Waals surface area contributed by atoms with Gasteiger partial charge in [0.05, 0.1) is 33.0 Å². The van der Waals surface area contributed by atoms with Crippen molar-refractivity contribution < 1.29 is 23.7 Å². The second-order valence-corrected chi connectivity index (χ2v) is 4.87. The molecule has 0 saturated carbocycles. The predicted octanol–water partition coefficient (Wildman–Crippen LogP) is 2.57. The molecule has 5 heteroatoms. The lowest BCUT2D eigenvalue weighted by molar-refractivity contribution is -0.145. The molecule has 0 unspecified atom stereocenters. The zero-order valence-electron chi connectivity index (χ0n) is 13.8. The van der Waals surface area contributed by atoms with Gasteiger partial charge in [-0.2, -0.15) is 0 Å². The van der Waals surface area contributed by atoms with Crippen molar-refractivity contribution in [1.29, 1.82) is 0 Å². The molecule has 0 bridgehead atoms. The largest absolute Gasteiger partial charge is 0.463 e. The third kappa shape index (κ3) is 17.0. The molecule has 0 aliphatic heterocycles. The Kier molecular flexibility index (Phi) is 17.1. The number of rotatable bonds is 16. The van der Waals surface area contributed by atoms with Gasteiger partial charge in [-0.15, -0.1) is 6.42 Å². The average Bonchev–Trinajstić information content (AvgIpc) is 2.52. The SMILES string of the molecule is C#CCOCCOCCOCCOC(=O)CCCCCCC. The van der Waals surface area contributed by atoms with Crippen LogP contribution in [0.2, 0.25) is 0 Å². The van der Waals surface area contributed by atoms with E-state index in [2.05, 4.69) is 12.8 Å². The number of carbonyl (C=O) groups is 1. The summed E-state index contributed by atoms with van der Waals surface area (Å²) in [5.41, 5.74) is 0. The highest BCUT2D eigenvalue weighted by atomic mass is 16.6. The first-order valence-corrected chi connectivity index (χ1v) is 8.13. The third-order valence-corrected chi connectivity index (χ3v) is 2.90. The normalized spacial score (nSPS) is 10.4. The second kappa shape index (κ2) is 18.0. The maximum Gasteiger partial charge on any atom is 0.305 e. The van der Waals surface area contributed by atoms with Gasteiger partial charge in [0.1, 0.15) is 13.2 Å². The molecular weight excluding hydrogens is 284 g/mol. The molecule has 0 fully saturated rings. The molecule has 0 saturated heterocycles. The molecule has 0 spiro atoms. The molecule has 0 atom stereocenters. The van der Waals surface area contributed by atoms with Gasteiger partial charge in [0.15, 0.2) is 0 Å². The predicted molar refractivity (Wildman–Crippen MR) is 85.6 cm³/mol. The van der Waals surface area contributed by atoms with Gasteiger partial charge in [-0.25, -0.2) is 0 Å². The van der Waals surface area contributed by atoms with Crippen molar-refractivity contribution in [2.24, 2.45) is 0 Å². The van der Waals surface area contributed by atoms with Crippen LogP contribution in [0.1, 0.15) is 45.4 Å². The fourth-order valence-electron chi connectivity index (χ4n) is 1.73. The lowest BCUT2D eigenvalue weighted by Crippen LogP contribution is -2.13. The minimum absolute atomic E-state index is 0.137. The molecule has 22 heavy (non-hydrogen) atoms. The van der Waals surface area contributed by atoms with E-state index < -0.39 is 0 Å². The van der Waals surface area contributed by atoms with Crippen LogP contribution in [0.15, 0.2) is 0 Å². The first-order chi connectivity index (χ1) is 10.8. The molecule has 0 aromatic rings. The number of hydrogen-bond acceptors (Lipinski definition) is 5. The zero-order chi connectivity index (χ0) is 16.3. The zero-order valence-corrected chi connectivity index (χ0v) is 13.8. The summed E-state index contributed by atoms with van der Waals surface area (Å²) in [6, 6.07) is 0. The van der Waals surface area contributed by atoms with Crippen LogP contribution in [-0.2, 0) is 23.7 Å². The molecule has 128 valence electrons. The van der Waals surface area contributed by atoms with E-state index in [0.29, 0.717) is 52.7 Å². The number of terminal acetylenes is 1. The third-order valence-electron chi connectivity index (χ3n) is 2.90. The Morgan fingerprint density at radius 3 is 2.09 bits per heavy atom. The highest BCUT2D eigenvalue weighted by Crippen LogP contribution is 2.05. The molecule has 0 aliphatic carbocycles. The van der Waals surface area contributed by atoms with Gasteiger partial charge in [-0.3, -0.25) is 4.79 Å². The van der Waals surface area contributed by atoms with Crippen LogP contribution in [0.5, 0.6) is 0 Å². The van der Waals surface area contributed by atoms with E-state index in [0.717, 1.165) is 12.8 Å². The number of unbranched alkanes of at least 4 members (excludes halogenated alkanes) is 4. The van der Waals surface area contributed by atoms with E-state index in [9.17, 15) is 4.79 Å². The molecular formula is C17H30O5. The number of esters is 1. The Hall–Kier alpha value is -1.09. The van der Waals surface area contributed by atoms with Crippen molar-refractivity contribution in [3.05, 3.63) is 0 Å². The smallest absolute Gasteiger partial charge is 0.305 e. The lowest BCUT2D eigenvalue weighted by atomic mass is 10.1. The van der Waals surface area contributed by atoms with Crippen molar-refractivity contribution in [2.75, 3.05) is 46.2 Å². The van der Waals surface area contributed by atoms with Gasteiger partial charge >= 0.3 is 5.97 Å². The Labute approximate surface area is 134 Å². The van der Waals surface area contributed by atoms with Crippen LogP contribution in [-0.4, -0.2) is 52.2 Å². The molecule has 0 aliphatic rings. The minimum atomic E-state index is -0.137. The van der Waals surface area contributed by atoms with Gasteiger partial charge in [0.25, 0.3) is 0 Å². The molecule has 0 radical (unpaired) electrons. The van der Waals surface area contributed by atoms with Crippen molar-refractivity contribution in [3.63, 3.8) is 0 Å². The summed E-state index contributed by atoms with van der Waals surface area (Å²) in [5.74, 6) is 2.24. The highest BCUT2D eigenvalue weighted by molar-refractivity contribution is 5.69. The number of carbonyl (C=O) groups excluding carboxylic acids is 1. The van der Waals surface area contributed by atoms with E-state index in [1.807, 2.05) is 0 Å². The summed E-state index contributed by atoms with van der Waals surface area (Å²) < 4.78 is 20.7. The van der Waals surface area contributed by atoms with Crippen LogP contribution in [0.4, 0.5) is 0 Å². The topological polar surface area (TPSA) is 54.0 Å². The fraction of sp³-hybridized carbons (Fsp3) is 0.824. The summed E-state index contributed by atoms with van der Waals surface area (Å²) in [6.45, 7) is 5.14. The summed E-state index contributed by atoms with van der Waals surface area (Å²) >= 11 is 0. The van der Waals surface area contributed by atoms with Crippen LogP contribution >= 0.6 is 0 Å². The Bertz CT molecular complexity index is 285. The Morgan fingerprint density at radius 2 is 1.45 bits per heavy atom. The van der Waals surface area contributed by atoms with E-state index in [1.165, 1.54) is 19.3 Å². The maximum absolute atomic E-state index is 11.4. The van der Waals surface area contributed by atoms with Crippen molar-refractivity contribution in [3.8, 4) is 12.3 Å². The van der Waals surface area contributed by atoms with Gasteiger partial charge in [-0.05, 0) is 6.42 Å². The molecule has 0 heterocycles. The lowest BCUT2D eigenvalue weighted by Gasteiger charge is -2.07. The Morgan fingerprint density at radius 1 is 0.864 bits per heavy atom. The van der Waals surface area contributed by atoms with Crippen LogP contribution in [0.3, 0.4) is 0 Å². The van der Waals surface area contributed by atoms with E-state index in [1.54, 1.807) is 0 Å². The standard InChI is InChI=1S/C17H30O5/c1-3-5-6-7-8-9-17(18)22-16-15-21-14-13-20-12-11-19-10-4-2/h2H,3,5-16H2,1H3. The molecule has 0 aromatic carbocycles. The molecule has 0 rings (SSSR count). The quantitative estimate of drug-likeness (QED) is 0.249. The van der Waals surface area contributed by atoms with Gasteiger partial charge < -0.3 is 18.9 Å². The summed E-state index contributed by atoms with van der Waals surface area (Å²) in [6.07, 6.45) is 11.2. The maximum atomic E-state index is 11.4. The van der Waals surface area contributed by atoms with E-state index >= 15 is 0 Å². The van der Waals surface area contributed by atoms with Crippen molar-refractivity contribution >= 4 is 5.97 Å². The number of hydrogen-bond donors (Lipinski definition) is 0. The number of ether oxygens (including phenoxy) is 4. The monoisotopic (exact) mass is 314 g/mol. The molecule has 0 N–H and O–H groups in total. The van der Waals surface area contributed by atoms with E-state index in [-0.39, 0.29) is 5.97 Å². The van der Waals surface area contributed by atoms with Crippen LogP contribution < -0.4 is 0 Å².